The third-order valence-electron chi connectivity index (χ3n) is 10.7. The Morgan fingerprint density at radius 3 is 2.45 bits per heavy atom. The van der Waals surface area contributed by atoms with Gasteiger partial charge in [-0.1, -0.05) is 38.8 Å². The molecule has 6 rings (SSSR count). The van der Waals surface area contributed by atoms with E-state index in [9.17, 15) is 14.4 Å². The van der Waals surface area contributed by atoms with Crippen molar-refractivity contribution in [1.82, 2.24) is 0 Å². The predicted octanol–water partition coefficient (Wildman–Crippen LogP) is 5.15. The van der Waals surface area contributed by atoms with Crippen LogP contribution in [0.25, 0.3) is 0 Å². The molecule has 0 saturated heterocycles. The van der Waals surface area contributed by atoms with Crippen LogP contribution in [0.5, 0.6) is 0 Å². The summed E-state index contributed by atoms with van der Waals surface area (Å²) >= 11 is 0. The SMILES string of the molecule is COC(=O)[C@]1(C)CCC[C@]2(C)[C@H]3C[C@H]4C(C(C)C)=C[C@@]3(CC[C@H]21)[C@@H]1C(=O)CCC(=O)[C@@H]14. The molecule has 0 radical (unpaired) electrons. The Kier molecular flexibility index (Phi) is 4.68. The lowest BCUT2D eigenvalue weighted by molar-refractivity contribution is -0.201. The normalized spacial score (nSPS) is 48.6. The summed E-state index contributed by atoms with van der Waals surface area (Å²) in [7, 11) is 1.51. The fourth-order valence-corrected chi connectivity index (χ4v) is 9.56. The van der Waals surface area contributed by atoms with Crippen LogP contribution in [0.1, 0.15) is 79.1 Å². The highest BCUT2D eigenvalue weighted by molar-refractivity contribution is 5.98. The van der Waals surface area contributed by atoms with Crippen molar-refractivity contribution in [3.8, 4) is 0 Å². The number of rotatable bonds is 2. The molecule has 4 fully saturated rings. The number of allylic oxidation sites excluding steroid dienone is 2. The van der Waals surface area contributed by atoms with E-state index in [1.54, 1.807) is 0 Å². The zero-order valence-corrected chi connectivity index (χ0v) is 19.8. The van der Waals surface area contributed by atoms with E-state index >= 15 is 0 Å². The zero-order valence-electron chi connectivity index (χ0n) is 19.8. The average molecular weight is 427 g/mol. The summed E-state index contributed by atoms with van der Waals surface area (Å²) in [6.07, 6.45) is 9.25. The number of ether oxygens (including phenoxy) is 1. The standard InChI is InChI=1S/C27H38O4/c1-15(2)17-14-27-12-9-20-25(3,10-6-11-26(20,4)24(30)31-5)21(27)13-16(17)22-18(28)7-8-19(29)23(22)27/h14-16,20-23H,6-13H2,1-5H3/t16-,20+,21+,22-,23+,25-,26+,27+/m0/s1. The maximum Gasteiger partial charge on any atom is 0.311 e. The highest BCUT2D eigenvalue weighted by atomic mass is 16.5. The predicted molar refractivity (Wildman–Crippen MR) is 118 cm³/mol. The number of carbonyl (C=O) groups excluding carboxylic acids is 3. The summed E-state index contributed by atoms with van der Waals surface area (Å²) in [6, 6.07) is 0. The minimum Gasteiger partial charge on any atom is -0.469 e. The lowest BCUT2D eigenvalue weighted by Crippen LogP contribution is -2.67. The number of carbonyl (C=O) groups is 3. The lowest BCUT2D eigenvalue weighted by atomic mass is 9.33. The molecule has 6 aliphatic rings. The lowest BCUT2D eigenvalue weighted by Gasteiger charge is -2.70. The first-order valence-electron chi connectivity index (χ1n) is 12.5. The van der Waals surface area contributed by atoms with E-state index in [0.717, 1.165) is 38.5 Å². The number of methoxy groups -OCH3 is 1. The highest BCUT2D eigenvalue weighted by Gasteiger charge is 2.70. The van der Waals surface area contributed by atoms with Gasteiger partial charge in [-0.3, -0.25) is 14.4 Å². The van der Waals surface area contributed by atoms with Crippen LogP contribution in [-0.4, -0.2) is 24.6 Å². The number of esters is 1. The van der Waals surface area contributed by atoms with Gasteiger partial charge in [0, 0.05) is 30.1 Å². The van der Waals surface area contributed by atoms with E-state index in [0.29, 0.717) is 36.2 Å². The number of hydrogen-bond donors (Lipinski definition) is 0. The van der Waals surface area contributed by atoms with Crippen molar-refractivity contribution in [3.05, 3.63) is 11.6 Å². The summed E-state index contributed by atoms with van der Waals surface area (Å²) in [5.41, 5.74) is 0.777. The van der Waals surface area contributed by atoms with Gasteiger partial charge in [0.25, 0.3) is 0 Å². The highest BCUT2D eigenvalue weighted by Crippen LogP contribution is 2.74. The van der Waals surface area contributed by atoms with E-state index in [-0.39, 0.29) is 40.5 Å². The Morgan fingerprint density at radius 2 is 1.77 bits per heavy atom. The Balaban J connectivity index is 1.65. The molecule has 8 atom stereocenters. The van der Waals surface area contributed by atoms with Crippen LogP contribution >= 0.6 is 0 Å². The molecule has 0 unspecified atom stereocenters. The van der Waals surface area contributed by atoms with Gasteiger partial charge in [-0.25, -0.2) is 0 Å². The molecule has 2 bridgehead atoms. The molecule has 0 aromatic rings. The van der Waals surface area contributed by atoms with Gasteiger partial charge in [-0.05, 0) is 68.1 Å². The molecule has 4 heteroatoms. The van der Waals surface area contributed by atoms with Crippen molar-refractivity contribution in [1.29, 1.82) is 0 Å². The molecular weight excluding hydrogens is 388 g/mol. The molecular formula is C27H38O4. The van der Waals surface area contributed by atoms with Crippen LogP contribution in [0, 0.1) is 51.8 Å². The van der Waals surface area contributed by atoms with Crippen molar-refractivity contribution in [2.24, 2.45) is 51.8 Å². The van der Waals surface area contributed by atoms with Crippen LogP contribution in [0.15, 0.2) is 11.6 Å². The van der Waals surface area contributed by atoms with Crippen molar-refractivity contribution < 1.29 is 19.1 Å². The number of fused-ring (bicyclic) bond motifs is 1. The topological polar surface area (TPSA) is 60.4 Å². The van der Waals surface area contributed by atoms with Gasteiger partial charge in [0.2, 0.25) is 0 Å². The molecule has 1 spiro atoms. The smallest absolute Gasteiger partial charge is 0.311 e. The number of hydrogen-bond acceptors (Lipinski definition) is 4. The summed E-state index contributed by atoms with van der Waals surface area (Å²) < 4.78 is 5.30. The first-order chi connectivity index (χ1) is 14.6. The van der Waals surface area contributed by atoms with Crippen LogP contribution in [0.4, 0.5) is 0 Å². The van der Waals surface area contributed by atoms with E-state index in [2.05, 4.69) is 33.8 Å². The molecule has 0 heterocycles. The molecule has 170 valence electrons. The number of ketones is 2. The molecule has 0 amide bonds. The first-order valence-corrected chi connectivity index (χ1v) is 12.5. The molecule has 31 heavy (non-hydrogen) atoms. The maximum absolute atomic E-state index is 13.4. The van der Waals surface area contributed by atoms with Crippen LogP contribution in [0.2, 0.25) is 0 Å². The largest absolute Gasteiger partial charge is 0.469 e. The Hall–Kier alpha value is -1.45. The van der Waals surface area contributed by atoms with Gasteiger partial charge < -0.3 is 4.74 Å². The van der Waals surface area contributed by atoms with Gasteiger partial charge in [0.05, 0.1) is 12.5 Å². The van der Waals surface area contributed by atoms with Gasteiger partial charge in [-0.15, -0.1) is 0 Å². The third-order valence-corrected chi connectivity index (χ3v) is 10.7. The van der Waals surface area contributed by atoms with Gasteiger partial charge in [-0.2, -0.15) is 0 Å². The van der Waals surface area contributed by atoms with Crippen molar-refractivity contribution in [3.63, 3.8) is 0 Å². The second-order valence-electron chi connectivity index (χ2n) is 12.1. The van der Waals surface area contributed by atoms with E-state index in [1.807, 2.05) is 0 Å². The molecule has 0 N–H and O–H groups in total. The van der Waals surface area contributed by atoms with Crippen LogP contribution < -0.4 is 0 Å². The first kappa shape index (κ1) is 21.4. The Bertz CT molecular complexity index is 870. The van der Waals surface area contributed by atoms with Crippen molar-refractivity contribution in [2.45, 2.75) is 79.1 Å². The number of Topliss-reactive ketones (excluding diaryl/α,β-unsaturated/α-hetero) is 2. The fourth-order valence-electron chi connectivity index (χ4n) is 9.56. The van der Waals surface area contributed by atoms with E-state index < -0.39 is 5.41 Å². The average Bonchev–Trinajstić information content (AvgIpc) is 2.74. The Morgan fingerprint density at radius 1 is 1.06 bits per heavy atom. The van der Waals surface area contributed by atoms with Crippen LogP contribution in [0.3, 0.4) is 0 Å². The molecule has 0 aromatic carbocycles. The zero-order chi connectivity index (χ0) is 22.3. The van der Waals surface area contributed by atoms with Crippen LogP contribution in [-0.2, 0) is 19.1 Å². The monoisotopic (exact) mass is 426 g/mol. The maximum atomic E-state index is 13.4. The van der Waals surface area contributed by atoms with Gasteiger partial charge in [0.15, 0.2) is 0 Å². The Labute approximate surface area is 186 Å². The van der Waals surface area contributed by atoms with Crippen molar-refractivity contribution >= 4 is 17.5 Å². The third kappa shape index (κ3) is 2.57. The molecule has 4 nitrogen and oxygen atoms in total. The summed E-state index contributed by atoms with van der Waals surface area (Å²) in [4.78, 5) is 39.5. The minimum absolute atomic E-state index is 0.00242. The van der Waals surface area contributed by atoms with Gasteiger partial charge in [0.1, 0.15) is 11.6 Å². The minimum atomic E-state index is -0.448. The second-order valence-corrected chi connectivity index (χ2v) is 12.1. The second kappa shape index (κ2) is 6.78. The molecule has 0 aliphatic heterocycles. The summed E-state index contributed by atoms with van der Waals surface area (Å²) in [6.45, 7) is 9.00. The van der Waals surface area contributed by atoms with E-state index in [4.69, 9.17) is 4.74 Å². The summed E-state index contributed by atoms with van der Waals surface area (Å²) in [5, 5.41) is 0. The fraction of sp³-hybridized carbons (Fsp3) is 0.815. The molecule has 6 aliphatic carbocycles. The summed E-state index contributed by atoms with van der Waals surface area (Å²) in [5.74, 6) is 1.61. The van der Waals surface area contributed by atoms with Crippen molar-refractivity contribution in [2.75, 3.05) is 7.11 Å². The van der Waals surface area contributed by atoms with E-state index in [1.165, 1.54) is 12.7 Å². The van der Waals surface area contributed by atoms with Gasteiger partial charge >= 0.3 is 5.97 Å². The quantitative estimate of drug-likeness (QED) is 0.453. The molecule has 0 aromatic heterocycles. The molecule has 4 saturated carbocycles.